The normalized spacial score (nSPS) is 35.6. The van der Waals surface area contributed by atoms with Crippen molar-refractivity contribution in [3.63, 3.8) is 0 Å². The van der Waals surface area contributed by atoms with Gasteiger partial charge in [-0.15, -0.1) is 0 Å². The van der Waals surface area contributed by atoms with Crippen LogP contribution in [-0.2, 0) is 4.79 Å². The maximum atomic E-state index is 13.4. The van der Waals surface area contributed by atoms with Crippen molar-refractivity contribution in [3.05, 3.63) is 29.8 Å². The summed E-state index contributed by atoms with van der Waals surface area (Å²) in [5.74, 6) is 1.62. The fourth-order valence-electron chi connectivity index (χ4n) is 6.33. The number of hydrogen-bond acceptors (Lipinski definition) is 4. The van der Waals surface area contributed by atoms with E-state index in [1.165, 1.54) is 44.1 Å². The van der Waals surface area contributed by atoms with E-state index in [9.17, 15) is 9.90 Å². The molecule has 1 N–H and O–H groups in total. The first kappa shape index (κ1) is 18.4. The highest BCUT2D eigenvalue weighted by molar-refractivity contribution is 5.79. The number of phenols is 1. The lowest BCUT2D eigenvalue weighted by Gasteiger charge is -2.51. The summed E-state index contributed by atoms with van der Waals surface area (Å²) in [7, 11) is 0. The highest BCUT2D eigenvalue weighted by Crippen LogP contribution is 2.46. The molecule has 0 saturated carbocycles. The van der Waals surface area contributed by atoms with Gasteiger partial charge in [0.05, 0.1) is 12.6 Å². The standard InChI is InChI=1S/C23H33N3O2/c27-19-7-5-6-18(14-19)20-15-26(21(28)16-24-10-3-1-2-4-11-24)22-17-8-12-25(13-9-17)23(20)22/h5-7,14,17,20,22-23,27H,1-4,8-13,15-16H2/t20-,22+,23+/m0/s1. The number of carbonyl (C=O) groups excluding carboxylic acids is 1. The van der Waals surface area contributed by atoms with Crippen LogP contribution in [0.2, 0.25) is 0 Å². The van der Waals surface area contributed by atoms with E-state index >= 15 is 0 Å². The molecule has 2 bridgehead atoms. The van der Waals surface area contributed by atoms with Gasteiger partial charge in [-0.1, -0.05) is 25.0 Å². The van der Waals surface area contributed by atoms with Crippen LogP contribution in [0.4, 0.5) is 0 Å². The first-order chi connectivity index (χ1) is 13.7. The largest absolute Gasteiger partial charge is 0.508 e. The van der Waals surface area contributed by atoms with E-state index in [1.807, 2.05) is 12.1 Å². The van der Waals surface area contributed by atoms with E-state index in [1.54, 1.807) is 6.07 Å². The highest BCUT2D eigenvalue weighted by Gasteiger charge is 2.54. The van der Waals surface area contributed by atoms with E-state index < -0.39 is 0 Å². The monoisotopic (exact) mass is 383 g/mol. The van der Waals surface area contributed by atoms with Crippen LogP contribution in [0.5, 0.6) is 5.75 Å². The summed E-state index contributed by atoms with van der Waals surface area (Å²) in [6.45, 7) is 5.85. The molecular weight excluding hydrogens is 350 g/mol. The molecule has 5 heterocycles. The second-order valence-corrected chi connectivity index (χ2v) is 9.29. The fraction of sp³-hybridized carbons (Fsp3) is 0.696. The van der Waals surface area contributed by atoms with Gasteiger partial charge in [-0.3, -0.25) is 14.6 Å². The first-order valence-electron chi connectivity index (χ1n) is 11.3. The molecule has 0 spiro atoms. The highest BCUT2D eigenvalue weighted by atomic mass is 16.3. The summed E-state index contributed by atoms with van der Waals surface area (Å²) >= 11 is 0. The maximum absolute atomic E-state index is 13.4. The summed E-state index contributed by atoms with van der Waals surface area (Å²) in [6, 6.07) is 8.50. The second-order valence-electron chi connectivity index (χ2n) is 9.29. The zero-order valence-corrected chi connectivity index (χ0v) is 16.8. The first-order valence-corrected chi connectivity index (χ1v) is 11.3. The lowest BCUT2D eigenvalue weighted by molar-refractivity contribution is -0.137. The Hall–Kier alpha value is -1.59. The number of piperidine rings is 3. The number of phenolic OH excluding ortho intramolecular Hbond substituents is 1. The quantitative estimate of drug-likeness (QED) is 0.872. The number of likely N-dealkylation sites (tertiary alicyclic amines) is 2. The Labute approximate surface area is 168 Å². The summed E-state index contributed by atoms with van der Waals surface area (Å²) in [5, 5.41) is 10.0. The smallest absolute Gasteiger partial charge is 0.237 e. The van der Waals surface area contributed by atoms with Gasteiger partial charge in [0.1, 0.15) is 5.75 Å². The van der Waals surface area contributed by atoms with E-state index in [0.29, 0.717) is 42.1 Å². The molecule has 5 heteroatoms. The van der Waals surface area contributed by atoms with Crippen LogP contribution in [-0.4, -0.2) is 77.1 Å². The van der Waals surface area contributed by atoms with Crippen molar-refractivity contribution < 1.29 is 9.90 Å². The minimum Gasteiger partial charge on any atom is -0.508 e. The van der Waals surface area contributed by atoms with Crippen LogP contribution in [0.3, 0.4) is 0 Å². The molecule has 5 saturated heterocycles. The third-order valence-corrected chi connectivity index (χ3v) is 7.67. The molecule has 152 valence electrons. The molecule has 0 aliphatic carbocycles. The average molecular weight is 384 g/mol. The summed E-state index contributed by atoms with van der Waals surface area (Å²) < 4.78 is 0. The van der Waals surface area contributed by atoms with Gasteiger partial charge in [-0.05, 0) is 75.5 Å². The molecule has 3 atom stereocenters. The second kappa shape index (κ2) is 7.68. The van der Waals surface area contributed by atoms with E-state index in [-0.39, 0.29) is 0 Å². The predicted molar refractivity (Wildman–Crippen MR) is 109 cm³/mol. The van der Waals surface area contributed by atoms with Crippen molar-refractivity contribution >= 4 is 5.91 Å². The Balaban J connectivity index is 1.39. The van der Waals surface area contributed by atoms with Crippen LogP contribution in [0.25, 0.3) is 0 Å². The van der Waals surface area contributed by atoms with Crippen LogP contribution in [0.15, 0.2) is 24.3 Å². The summed E-state index contributed by atoms with van der Waals surface area (Å²) in [5.41, 5.74) is 1.19. The van der Waals surface area contributed by atoms with Crippen molar-refractivity contribution in [2.75, 3.05) is 39.3 Å². The van der Waals surface area contributed by atoms with Crippen molar-refractivity contribution in [1.29, 1.82) is 0 Å². The van der Waals surface area contributed by atoms with Crippen molar-refractivity contribution in [1.82, 2.24) is 14.7 Å². The Kier molecular flexibility index (Phi) is 5.06. The van der Waals surface area contributed by atoms with E-state index in [2.05, 4.69) is 20.8 Å². The number of nitrogens with zero attached hydrogens (tertiary/aromatic N) is 3. The summed E-state index contributed by atoms with van der Waals surface area (Å²) in [6.07, 6.45) is 7.50. The van der Waals surface area contributed by atoms with Crippen LogP contribution in [0, 0.1) is 5.92 Å². The van der Waals surface area contributed by atoms with Gasteiger partial charge in [0.2, 0.25) is 5.91 Å². The van der Waals surface area contributed by atoms with E-state index in [0.717, 1.165) is 32.7 Å². The molecule has 0 aromatic heterocycles. The molecule has 1 aromatic rings. The van der Waals surface area contributed by atoms with Crippen molar-refractivity contribution in [2.24, 2.45) is 5.92 Å². The molecule has 5 fully saturated rings. The van der Waals surface area contributed by atoms with Gasteiger partial charge < -0.3 is 10.0 Å². The fourth-order valence-corrected chi connectivity index (χ4v) is 6.33. The van der Waals surface area contributed by atoms with Crippen LogP contribution >= 0.6 is 0 Å². The maximum Gasteiger partial charge on any atom is 0.237 e. The molecule has 0 unspecified atom stereocenters. The Morgan fingerprint density at radius 1 is 1.00 bits per heavy atom. The molecule has 28 heavy (non-hydrogen) atoms. The Bertz CT molecular complexity index is 708. The van der Waals surface area contributed by atoms with Gasteiger partial charge in [0, 0.05) is 18.5 Å². The van der Waals surface area contributed by atoms with Crippen LogP contribution < -0.4 is 0 Å². The topological polar surface area (TPSA) is 47.0 Å². The van der Waals surface area contributed by atoms with Crippen LogP contribution in [0.1, 0.15) is 50.0 Å². The zero-order chi connectivity index (χ0) is 19.1. The molecule has 6 rings (SSSR count). The number of fused-ring (bicyclic) bond motifs is 2. The van der Waals surface area contributed by atoms with Crippen molar-refractivity contribution in [3.8, 4) is 5.75 Å². The number of rotatable bonds is 3. The lowest BCUT2D eigenvalue weighted by atomic mass is 9.75. The molecule has 0 radical (unpaired) electrons. The molecular formula is C23H33N3O2. The molecule has 5 nitrogen and oxygen atoms in total. The zero-order valence-electron chi connectivity index (χ0n) is 16.8. The molecule has 5 aliphatic rings. The molecule has 1 aromatic carbocycles. The molecule has 1 amide bonds. The van der Waals surface area contributed by atoms with Gasteiger partial charge in [0.15, 0.2) is 0 Å². The lowest BCUT2D eigenvalue weighted by Crippen LogP contribution is -2.61. The van der Waals surface area contributed by atoms with Gasteiger partial charge >= 0.3 is 0 Å². The van der Waals surface area contributed by atoms with Crippen molar-refractivity contribution in [2.45, 2.75) is 56.5 Å². The Morgan fingerprint density at radius 2 is 1.75 bits per heavy atom. The Morgan fingerprint density at radius 3 is 2.46 bits per heavy atom. The summed E-state index contributed by atoms with van der Waals surface area (Å²) in [4.78, 5) is 20.7. The van der Waals surface area contributed by atoms with Gasteiger partial charge in [-0.25, -0.2) is 0 Å². The average Bonchev–Trinajstić information content (AvgIpc) is 2.98. The number of aromatic hydroxyl groups is 1. The van der Waals surface area contributed by atoms with Gasteiger partial charge in [0.25, 0.3) is 0 Å². The number of amides is 1. The third kappa shape index (κ3) is 3.33. The molecule has 5 aliphatic heterocycles. The van der Waals surface area contributed by atoms with Gasteiger partial charge in [-0.2, -0.15) is 0 Å². The predicted octanol–water partition coefficient (Wildman–Crippen LogP) is 2.66. The minimum absolute atomic E-state index is 0.313. The minimum atomic E-state index is 0.313. The number of benzene rings is 1. The third-order valence-electron chi connectivity index (χ3n) is 7.67. The van der Waals surface area contributed by atoms with E-state index in [4.69, 9.17) is 0 Å². The number of carbonyl (C=O) groups is 1. The number of hydrogen-bond donors (Lipinski definition) is 1. The SMILES string of the molecule is O=C(CN1CCCCCC1)N1C[C@@H](c2cccc(O)c2)[C@@H]2[C@H]1C1CCN2CC1.